The van der Waals surface area contributed by atoms with Crippen molar-refractivity contribution in [1.82, 2.24) is 9.62 Å². The van der Waals surface area contributed by atoms with E-state index < -0.39 is 16.1 Å². The lowest BCUT2D eigenvalue weighted by atomic mass is 10.0. The highest BCUT2D eigenvalue weighted by Crippen LogP contribution is 2.31. The third kappa shape index (κ3) is 3.32. The number of carbonyl (C=O) groups is 1. The van der Waals surface area contributed by atoms with Crippen molar-refractivity contribution in [2.45, 2.75) is 24.8 Å². The molecule has 2 aromatic carbocycles. The molecule has 0 bridgehead atoms. The SMILES string of the molecule is COc1ccc(C2C(=O)NCCN2S(=O)(=O)c2ccc(C)c(C)c2)cc1. The van der Waals surface area contributed by atoms with E-state index in [-0.39, 0.29) is 23.9 Å². The molecule has 138 valence electrons. The van der Waals surface area contributed by atoms with E-state index in [1.807, 2.05) is 13.8 Å². The predicted octanol–water partition coefficient (Wildman–Crippen LogP) is 2.17. The van der Waals surface area contributed by atoms with Gasteiger partial charge in [0.25, 0.3) is 0 Å². The minimum Gasteiger partial charge on any atom is -0.497 e. The zero-order chi connectivity index (χ0) is 18.9. The number of hydrogen-bond acceptors (Lipinski definition) is 4. The standard InChI is InChI=1S/C19H22N2O4S/c1-13-4-9-17(12-14(13)2)26(23,24)21-11-10-20-19(22)18(21)15-5-7-16(25-3)8-6-15/h4-9,12,18H,10-11H2,1-3H3,(H,20,22). The van der Waals surface area contributed by atoms with Gasteiger partial charge < -0.3 is 10.1 Å². The molecule has 0 radical (unpaired) electrons. The molecule has 1 N–H and O–H groups in total. The van der Waals surface area contributed by atoms with E-state index in [1.165, 1.54) is 4.31 Å². The normalized spacial score (nSPS) is 18.4. The summed E-state index contributed by atoms with van der Waals surface area (Å²) in [4.78, 5) is 12.7. The molecule has 7 heteroatoms. The van der Waals surface area contributed by atoms with E-state index in [9.17, 15) is 13.2 Å². The Kier molecular flexibility index (Phi) is 5.02. The van der Waals surface area contributed by atoms with Crippen LogP contribution in [0.25, 0.3) is 0 Å². The third-order valence-corrected chi connectivity index (χ3v) is 6.54. The maximum absolute atomic E-state index is 13.2. The number of nitrogens with zero attached hydrogens (tertiary/aromatic N) is 1. The fourth-order valence-electron chi connectivity index (χ4n) is 3.02. The van der Waals surface area contributed by atoms with Gasteiger partial charge in [0.05, 0.1) is 12.0 Å². The quantitative estimate of drug-likeness (QED) is 0.890. The molecule has 1 saturated heterocycles. The Bertz CT molecular complexity index is 923. The Hall–Kier alpha value is -2.38. The van der Waals surface area contributed by atoms with Gasteiger partial charge in [-0.15, -0.1) is 0 Å². The van der Waals surface area contributed by atoms with Gasteiger partial charge in [-0.25, -0.2) is 8.42 Å². The second-order valence-electron chi connectivity index (χ2n) is 6.33. The first-order chi connectivity index (χ1) is 12.3. The number of piperazine rings is 1. The molecule has 26 heavy (non-hydrogen) atoms. The molecule has 0 aromatic heterocycles. The van der Waals surface area contributed by atoms with E-state index in [0.717, 1.165) is 11.1 Å². The minimum atomic E-state index is -3.81. The molecule has 3 rings (SSSR count). The largest absolute Gasteiger partial charge is 0.497 e. The van der Waals surface area contributed by atoms with Crippen LogP contribution >= 0.6 is 0 Å². The van der Waals surface area contributed by atoms with Gasteiger partial charge >= 0.3 is 0 Å². The van der Waals surface area contributed by atoms with E-state index in [1.54, 1.807) is 49.6 Å². The van der Waals surface area contributed by atoms with Gasteiger partial charge in [-0.2, -0.15) is 4.31 Å². The molecule has 1 heterocycles. The highest BCUT2D eigenvalue weighted by Gasteiger charge is 2.39. The average Bonchev–Trinajstić information content (AvgIpc) is 2.64. The van der Waals surface area contributed by atoms with Crippen LogP contribution in [-0.2, 0) is 14.8 Å². The lowest BCUT2D eigenvalue weighted by Crippen LogP contribution is -2.52. The summed E-state index contributed by atoms with van der Waals surface area (Å²) in [5.74, 6) is 0.322. The lowest BCUT2D eigenvalue weighted by molar-refractivity contribution is -0.126. The molecule has 0 saturated carbocycles. The Labute approximate surface area is 153 Å². The first kappa shape index (κ1) is 18.4. The van der Waals surface area contributed by atoms with E-state index in [2.05, 4.69) is 5.32 Å². The van der Waals surface area contributed by atoms with Gasteiger partial charge in [0.1, 0.15) is 11.8 Å². The summed E-state index contributed by atoms with van der Waals surface area (Å²) in [7, 11) is -2.25. The first-order valence-electron chi connectivity index (χ1n) is 8.35. The smallest absolute Gasteiger partial charge is 0.244 e. The molecule has 1 amide bonds. The maximum atomic E-state index is 13.2. The van der Waals surface area contributed by atoms with Crippen molar-refractivity contribution in [3.63, 3.8) is 0 Å². The van der Waals surface area contributed by atoms with Crippen LogP contribution in [-0.4, -0.2) is 38.8 Å². The van der Waals surface area contributed by atoms with Crippen LogP contribution in [0.5, 0.6) is 5.75 Å². The summed E-state index contributed by atoms with van der Waals surface area (Å²) >= 11 is 0. The third-order valence-electron chi connectivity index (χ3n) is 4.68. The fourth-order valence-corrected chi connectivity index (χ4v) is 4.68. The topological polar surface area (TPSA) is 75.7 Å². The highest BCUT2D eigenvalue weighted by atomic mass is 32.2. The number of benzene rings is 2. The maximum Gasteiger partial charge on any atom is 0.244 e. The second-order valence-corrected chi connectivity index (χ2v) is 8.22. The number of amides is 1. The number of ether oxygens (including phenoxy) is 1. The van der Waals surface area contributed by atoms with Gasteiger partial charge in [-0.3, -0.25) is 4.79 Å². The van der Waals surface area contributed by atoms with Crippen LogP contribution in [0, 0.1) is 13.8 Å². The molecule has 1 unspecified atom stereocenters. The van der Waals surface area contributed by atoms with Crippen molar-refractivity contribution < 1.29 is 17.9 Å². The summed E-state index contributed by atoms with van der Waals surface area (Å²) in [6.45, 7) is 4.31. The number of sulfonamides is 1. The van der Waals surface area contributed by atoms with Crippen molar-refractivity contribution in [2.75, 3.05) is 20.2 Å². The van der Waals surface area contributed by atoms with Crippen LogP contribution in [0.2, 0.25) is 0 Å². The zero-order valence-electron chi connectivity index (χ0n) is 15.0. The van der Waals surface area contributed by atoms with Gasteiger partial charge in [0.15, 0.2) is 0 Å². The average molecular weight is 374 g/mol. The first-order valence-corrected chi connectivity index (χ1v) is 9.79. The highest BCUT2D eigenvalue weighted by molar-refractivity contribution is 7.89. The predicted molar refractivity (Wildman–Crippen MR) is 98.6 cm³/mol. The van der Waals surface area contributed by atoms with E-state index in [4.69, 9.17) is 4.74 Å². The van der Waals surface area contributed by atoms with Crippen molar-refractivity contribution >= 4 is 15.9 Å². The molecule has 0 aliphatic carbocycles. The molecule has 6 nitrogen and oxygen atoms in total. The number of hydrogen-bond donors (Lipinski definition) is 1. The Morgan fingerprint density at radius 1 is 1.08 bits per heavy atom. The van der Waals surface area contributed by atoms with Gasteiger partial charge in [0.2, 0.25) is 15.9 Å². The number of methoxy groups -OCH3 is 1. The molecule has 1 fully saturated rings. The molecule has 0 spiro atoms. The van der Waals surface area contributed by atoms with Crippen LogP contribution in [0.4, 0.5) is 0 Å². The van der Waals surface area contributed by atoms with Crippen LogP contribution in [0.15, 0.2) is 47.4 Å². The molecule has 1 atom stereocenters. The molecular weight excluding hydrogens is 352 g/mol. The van der Waals surface area contributed by atoms with Gasteiger partial charge in [0, 0.05) is 13.1 Å². The molecule has 1 aliphatic rings. The van der Waals surface area contributed by atoms with Crippen LogP contribution in [0.3, 0.4) is 0 Å². The zero-order valence-corrected chi connectivity index (χ0v) is 15.8. The van der Waals surface area contributed by atoms with Crippen molar-refractivity contribution in [2.24, 2.45) is 0 Å². The lowest BCUT2D eigenvalue weighted by Gasteiger charge is -2.34. The van der Waals surface area contributed by atoms with E-state index >= 15 is 0 Å². The summed E-state index contributed by atoms with van der Waals surface area (Å²) in [5.41, 5.74) is 2.52. The molecule has 1 aliphatic heterocycles. The van der Waals surface area contributed by atoms with Crippen LogP contribution < -0.4 is 10.1 Å². The summed E-state index contributed by atoms with van der Waals surface area (Å²) in [6.07, 6.45) is 0. The van der Waals surface area contributed by atoms with Crippen molar-refractivity contribution in [3.8, 4) is 5.75 Å². The monoisotopic (exact) mass is 374 g/mol. The van der Waals surface area contributed by atoms with E-state index in [0.29, 0.717) is 11.3 Å². The van der Waals surface area contributed by atoms with Crippen molar-refractivity contribution in [1.29, 1.82) is 0 Å². The Morgan fingerprint density at radius 3 is 2.38 bits per heavy atom. The summed E-state index contributed by atoms with van der Waals surface area (Å²) in [5, 5.41) is 2.76. The van der Waals surface area contributed by atoms with Gasteiger partial charge in [-0.1, -0.05) is 18.2 Å². The fraction of sp³-hybridized carbons (Fsp3) is 0.316. The number of carbonyl (C=O) groups excluding carboxylic acids is 1. The van der Waals surface area contributed by atoms with Crippen molar-refractivity contribution in [3.05, 3.63) is 59.2 Å². The minimum absolute atomic E-state index is 0.203. The number of nitrogens with one attached hydrogen (secondary N) is 1. The summed E-state index contributed by atoms with van der Waals surface area (Å²) in [6, 6.07) is 11.0. The number of rotatable bonds is 4. The van der Waals surface area contributed by atoms with Crippen LogP contribution in [0.1, 0.15) is 22.7 Å². The Balaban J connectivity index is 2.04. The summed E-state index contributed by atoms with van der Waals surface area (Å²) < 4.78 is 32.9. The van der Waals surface area contributed by atoms with Gasteiger partial charge in [-0.05, 0) is 54.8 Å². The number of aryl methyl sites for hydroxylation is 2. The second kappa shape index (κ2) is 7.09. The Morgan fingerprint density at radius 2 is 1.77 bits per heavy atom. The molecular formula is C19H22N2O4S. The molecule has 2 aromatic rings.